The molecule has 150 valence electrons. The SMILES string of the molecule is COc1cc(/C=C2\SC(=O)N(Cc3ccc(Br)cc3)C2=O)c([N+](=O)[O-])cc1OC. The molecule has 0 aromatic heterocycles. The molecule has 1 aliphatic rings. The molecule has 0 atom stereocenters. The van der Waals surface area contributed by atoms with E-state index in [9.17, 15) is 19.7 Å². The van der Waals surface area contributed by atoms with Gasteiger partial charge in [-0.2, -0.15) is 0 Å². The highest BCUT2D eigenvalue weighted by molar-refractivity contribution is 9.10. The van der Waals surface area contributed by atoms with Crippen LogP contribution in [-0.4, -0.2) is 35.2 Å². The van der Waals surface area contributed by atoms with E-state index in [1.165, 1.54) is 32.4 Å². The summed E-state index contributed by atoms with van der Waals surface area (Å²) in [4.78, 5) is 37.1. The lowest BCUT2D eigenvalue weighted by Gasteiger charge is -2.12. The van der Waals surface area contributed by atoms with E-state index in [4.69, 9.17) is 9.47 Å². The van der Waals surface area contributed by atoms with Crippen LogP contribution in [0.3, 0.4) is 0 Å². The third kappa shape index (κ3) is 4.43. The number of hydrogen-bond acceptors (Lipinski definition) is 7. The van der Waals surface area contributed by atoms with E-state index < -0.39 is 16.1 Å². The van der Waals surface area contributed by atoms with Gasteiger partial charge in [-0.25, -0.2) is 0 Å². The molecule has 2 amide bonds. The van der Waals surface area contributed by atoms with Crippen molar-refractivity contribution in [2.75, 3.05) is 14.2 Å². The first-order valence-electron chi connectivity index (χ1n) is 8.24. The molecule has 2 aromatic carbocycles. The molecule has 1 saturated heterocycles. The second-order valence-electron chi connectivity index (χ2n) is 5.92. The summed E-state index contributed by atoms with van der Waals surface area (Å²) in [5.74, 6) is -0.0369. The van der Waals surface area contributed by atoms with Gasteiger partial charge in [0.1, 0.15) is 0 Å². The van der Waals surface area contributed by atoms with Crippen molar-refractivity contribution in [2.24, 2.45) is 0 Å². The Kier molecular flexibility index (Phi) is 6.23. The molecular weight excluding hydrogens is 464 g/mol. The molecule has 29 heavy (non-hydrogen) atoms. The fourth-order valence-corrected chi connectivity index (χ4v) is 3.80. The summed E-state index contributed by atoms with van der Waals surface area (Å²) < 4.78 is 11.2. The van der Waals surface area contributed by atoms with Crippen molar-refractivity contribution in [1.82, 2.24) is 4.90 Å². The summed E-state index contributed by atoms with van der Waals surface area (Å²) >= 11 is 4.07. The average Bonchev–Trinajstić information content (AvgIpc) is 2.96. The Morgan fingerprint density at radius 3 is 2.34 bits per heavy atom. The number of ether oxygens (including phenoxy) is 2. The van der Waals surface area contributed by atoms with Gasteiger partial charge in [-0.1, -0.05) is 28.1 Å². The van der Waals surface area contributed by atoms with Crippen LogP contribution in [0.2, 0.25) is 0 Å². The van der Waals surface area contributed by atoms with E-state index in [2.05, 4.69) is 15.9 Å². The average molecular weight is 479 g/mol. The lowest BCUT2D eigenvalue weighted by atomic mass is 10.1. The van der Waals surface area contributed by atoms with Gasteiger partial charge in [-0.15, -0.1) is 0 Å². The standard InChI is InChI=1S/C19H15BrN2O6S/c1-27-15-7-12(14(22(25)26)9-16(15)28-2)8-17-18(23)21(19(24)29-17)10-11-3-5-13(20)6-4-11/h3-9H,10H2,1-2H3/b17-8-. The number of carbonyl (C=O) groups excluding carboxylic acids is 2. The normalized spacial score (nSPS) is 15.1. The largest absolute Gasteiger partial charge is 0.493 e. The van der Waals surface area contributed by atoms with Gasteiger partial charge in [0.2, 0.25) is 0 Å². The summed E-state index contributed by atoms with van der Waals surface area (Å²) in [5, 5.41) is 11.0. The smallest absolute Gasteiger partial charge is 0.293 e. The Labute approximate surface area is 178 Å². The van der Waals surface area contributed by atoms with Crippen LogP contribution in [0, 0.1) is 10.1 Å². The van der Waals surface area contributed by atoms with Crippen LogP contribution >= 0.6 is 27.7 Å². The van der Waals surface area contributed by atoms with Crippen molar-refractivity contribution in [3.05, 3.63) is 67.0 Å². The van der Waals surface area contributed by atoms with Crippen LogP contribution in [0.5, 0.6) is 11.5 Å². The van der Waals surface area contributed by atoms with Crippen LogP contribution in [0.25, 0.3) is 6.08 Å². The van der Waals surface area contributed by atoms with Gasteiger partial charge in [0.05, 0.1) is 42.2 Å². The van der Waals surface area contributed by atoms with Crippen molar-refractivity contribution in [1.29, 1.82) is 0 Å². The van der Waals surface area contributed by atoms with Crippen LogP contribution < -0.4 is 9.47 Å². The molecule has 0 bridgehead atoms. The zero-order valence-electron chi connectivity index (χ0n) is 15.4. The molecule has 0 aliphatic carbocycles. The highest BCUT2D eigenvalue weighted by Crippen LogP contribution is 2.39. The number of nitro benzene ring substituents is 1. The van der Waals surface area contributed by atoms with Gasteiger partial charge >= 0.3 is 0 Å². The first kappa shape index (κ1) is 20.9. The highest BCUT2D eigenvalue weighted by atomic mass is 79.9. The molecule has 1 aliphatic heterocycles. The van der Waals surface area contributed by atoms with Crippen LogP contribution in [0.4, 0.5) is 10.5 Å². The number of imide groups is 1. The Hall–Kier alpha value is -2.85. The molecule has 0 saturated carbocycles. The van der Waals surface area contributed by atoms with E-state index in [0.717, 1.165) is 26.7 Å². The minimum Gasteiger partial charge on any atom is -0.493 e. The van der Waals surface area contributed by atoms with Gasteiger partial charge in [0.15, 0.2) is 11.5 Å². The van der Waals surface area contributed by atoms with Gasteiger partial charge in [-0.3, -0.25) is 24.6 Å². The van der Waals surface area contributed by atoms with E-state index >= 15 is 0 Å². The fourth-order valence-electron chi connectivity index (χ4n) is 2.71. The molecule has 1 heterocycles. The Balaban J connectivity index is 1.94. The second kappa shape index (κ2) is 8.66. The lowest BCUT2D eigenvalue weighted by Crippen LogP contribution is -2.27. The van der Waals surface area contributed by atoms with Crippen LogP contribution in [0.15, 0.2) is 45.8 Å². The number of nitro groups is 1. The van der Waals surface area contributed by atoms with Gasteiger partial charge in [-0.05, 0) is 41.6 Å². The number of thioether (sulfide) groups is 1. The summed E-state index contributed by atoms with van der Waals surface area (Å²) in [5.41, 5.74) is 0.665. The van der Waals surface area contributed by atoms with Crippen molar-refractivity contribution >= 4 is 50.6 Å². The fraction of sp³-hybridized carbons (Fsp3) is 0.158. The van der Waals surface area contributed by atoms with Gasteiger partial charge in [0.25, 0.3) is 16.8 Å². The lowest BCUT2D eigenvalue weighted by molar-refractivity contribution is -0.385. The minimum atomic E-state index is -0.583. The zero-order chi connectivity index (χ0) is 21.1. The van der Waals surface area contributed by atoms with E-state index in [-0.39, 0.29) is 34.2 Å². The minimum absolute atomic E-state index is 0.0995. The van der Waals surface area contributed by atoms with E-state index in [1.54, 1.807) is 12.1 Å². The molecule has 3 rings (SSSR count). The first-order valence-corrected chi connectivity index (χ1v) is 9.85. The summed E-state index contributed by atoms with van der Waals surface area (Å²) in [6, 6.07) is 9.86. The Bertz CT molecular complexity index is 1020. The summed E-state index contributed by atoms with van der Waals surface area (Å²) in [7, 11) is 2.77. The Morgan fingerprint density at radius 2 is 1.76 bits per heavy atom. The van der Waals surface area contributed by atoms with Crippen molar-refractivity contribution in [3.63, 3.8) is 0 Å². The number of amides is 2. The van der Waals surface area contributed by atoms with Crippen molar-refractivity contribution in [2.45, 2.75) is 6.54 Å². The topological polar surface area (TPSA) is 99.0 Å². The van der Waals surface area contributed by atoms with Gasteiger partial charge in [0, 0.05) is 4.47 Å². The molecule has 10 heteroatoms. The predicted molar refractivity (Wildman–Crippen MR) is 112 cm³/mol. The van der Waals surface area contributed by atoms with Crippen LogP contribution in [0.1, 0.15) is 11.1 Å². The van der Waals surface area contributed by atoms with E-state index in [1.807, 2.05) is 12.1 Å². The molecule has 0 spiro atoms. The Morgan fingerprint density at radius 1 is 1.14 bits per heavy atom. The number of benzene rings is 2. The summed E-state index contributed by atoms with van der Waals surface area (Å²) in [6.45, 7) is 0.114. The maximum absolute atomic E-state index is 12.7. The summed E-state index contributed by atoms with van der Waals surface area (Å²) in [6.07, 6.45) is 1.33. The number of nitrogens with zero attached hydrogens (tertiary/aromatic N) is 2. The molecule has 2 aromatic rings. The highest BCUT2D eigenvalue weighted by Gasteiger charge is 2.35. The second-order valence-corrected chi connectivity index (χ2v) is 7.83. The molecule has 0 radical (unpaired) electrons. The number of halogens is 1. The van der Waals surface area contributed by atoms with Gasteiger partial charge < -0.3 is 9.47 Å². The molecule has 8 nitrogen and oxygen atoms in total. The zero-order valence-corrected chi connectivity index (χ0v) is 17.8. The number of carbonyl (C=O) groups is 2. The quantitative estimate of drug-likeness (QED) is 0.339. The van der Waals surface area contributed by atoms with Crippen LogP contribution in [-0.2, 0) is 11.3 Å². The number of rotatable bonds is 6. The molecule has 0 unspecified atom stereocenters. The predicted octanol–water partition coefficient (Wildman–Crippen LogP) is 4.61. The number of methoxy groups -OCH3 is 2. The monoisotopic (exact) mass is 478 g/mol. The van der Waals surface area contributed by atoms with Crippen molar-refractivity contribution < 1.29 is 24.0 Å². The van der Waals surface area contributed by atoms with E-state index in [0.29, 0.717) is 0 Å². The first-order chi connectivity index (χ1) is 13.8. The molecular formula is C19H15BrN2O6S. The third-order valence-electron chi connectivity index (χ3n) is 4.14. The molecule has 1 fully saturated rings. The molecule has 0 N–H and O–H groups in total. The maximum Gasteiger partial charge on any atom is 0.293 e. The maximum atomic E-state index is 12.7. The van der Waals surface area contributed by atoms with Crippen molar-refractivity contribution in [3.8, 4) is 11.5 Å². The third-order valence-corrected chi connectivity index (χ3v) is 5.58. The number of hydrogen-bond donors (Lipinski definition) is 0.